The Kier molecular flexibility index (Phi) is 11.1. The first-order valence-corrected chi connectivity index (χ1v) is 13.1. The van der Waals surface area contributed by atoms with E-state index in [2.05, 4.69) is 4.74 Å². The normalized spacial score (nSPS) is 17.9. The molecule has 0 aromatic carbocycles. The topological polar surface area (TPSA) is 99.1 Å². The van der Waals surface area contributed by atoms with Gasteiger partial charge in [0.1, 0.15) is 5.60 Å². The Labute approximate surface area is 207 Å². The average molecular weight is 609 g/mol. The predicted molar refractivity (Wildman–Crippen MR) is 109 cm³/mol. The smallest absolute Gasteiger partial charge is 0.372 e. The van der Waals surface area contributed by atoms with E-state index >= 15 is 0 Å². The average Bonchev–Trinajstić information content (AvgIpc) is 2.69. The first-order valence-electron chi connectivity index (χ1n) is 10.2. The summed E-state index contributed by atoms with van der Waals surface area (Å²) in [6.45, 7) is 7.01. The van der Waals surface area contributed by atoms with Crippen LogP contribution in [0.25, 0.3) is 0 Å². The van der Waals surface area contributed by atoms with Crippen molar-refractivity contribution in [2.45, 2.75) is 94.1 Å². The second kappa shape index (κ2) is 11.4. The molecule has 0 saturated heterocycles. The number of alkyl halides is 10. The third-order valence-corrected chi connectivity index (χ3v) is 9.10. The summed E-state index contributed by atoms with van der Waals surface area (Å²) < 4.78 is 178. The summed E-state index contributed by atoms with van der Waals surface area (Å²) in [6.07, 6.45) is -18.8. The Morgan fingerprint density at radius 1 is 0.892 bits per heavy atom. The Bertz CT molecular complexity index is 909. The molecule has 3 atom stereocenters. The maximum atomic E-state index is 13.9. The number of halogens is 10. The molecule has 0 aromatic rings. The third-order valence-electron chi connectivity index (χ3n) is 5.69. The van der Waals surface area contributed by atoms with E-state index in [4.69, 9.17) is 9.47 Å². The van der Waals surface area contributed by atoms with Gasteiger partial charge in [0.25, 0.3) is 6.36 Å². The minimum atomic E-state index is -7.12. The van der Waals surface area contributed by atoms with Gasteiger partial charge in [-0.15, -0.1) is 0 Å². The van der Waals surface area contributed by atoms with Crippen molar-refractivity contribution in [3.05, 3.63) is 0 Å². The lowest BCUT2D eigenvalue weighted by Crippen LogP contribution is -2.56. The Balaban J connectivity index is 5.37. The van der Waals surface area contributed by atoms with Crippen molar-refractivity contribution in [2.24, 2.45) is 0 Å². The fraction of sp³-hybridized carbons (Fsp3) is 1.00. The molecule has 0 radical (unpaired) electrons. The van der Waals surface area contributed by atoms with E-state index in [-0.39, 0.29) is 6.42 Å². The van der Waals surface area contributed by atoms with Crippen LogP contribution >= 0.6 is 8.03 Å². The van der Waals surface area contributed by atoms with Crippen LogP contribution in [0.3, 0.4) is 0 Å². The fourth-order valence-corrected chi connectivity index (χ4v) is 4.19. The van der Waals surface area contributed by atoms with Gasteiger partial charge in [-0.2, -0.15) is 44.4 Å². The van der Waals surface area contributed by atoms with Crippen molar-refractivity contribution in [3.63, 3.8) is 0 Å². The quantitative estimate of drug-likeness (QED) is 0.191. The molecule has 0 heterocycles. The largest absolute Gasteiger partial charge is 0.514 e. The molecule has 0 amide bonds. The maximum absolute atomic E-state index is 13.9. The Hall–Kier alpha value is -0.810. The van der Waals surface area contributed by atoms with E-state index in [9.17, 15) is 61.8 Å². The van der Waals surface area contributed by atoms with Crippen molar-refractivity contribution in [1.29, 1.82) is 0 Å². The van der Waals surface area contributed by atoms with Gasteiger partial charge >= 0.3 is 31.5 Å². The first-order chi connectivity index (χ1) is 16.0. The van der Waals surface area contributed by atoms with Crippen LogP contribution < -0.4 is 0 Å². The lowest BCUT2D eigenvalue weighted by atomic mass is 9.89. The minimum Gasteiger partial charge on any atom is -0.372 e. The zero-order valence-electron chi connectivity index (χ0n) is 20.4. The van der Waals surface area contributed by atoms with E-state index in [0.717, 1.165) is 0 Å². The van der Waals surface area contributed by atoms with E-state index in [1.165, 1.54) is 34.6 Å². The van der Waals surface area contributed by atoms with Gasteiger partial charge in [-0.05, 0) is 45.6 Å². The minimum absolute atomic E-state index is 0.195. The summed E-state index contributed by atoms with van der Waals surface area (Å²) in [7, 11) is -8.89. The van der Waals surface area contributed by atoms with Crippen LogP contribution in [0.1, 0.15) is 48.0 Å². The molecule has 0 aliphatic heterocycles. The van der Waals surface area contributed by atoms with Crippen molar-refractivity contribution in [2.75, 3.05) is 19.0 Å². The molecule has 0 spiro atoms. The van der Waals surface area contributed by atoms with Crippen LogP contribution in [0.2, 0.25) is 0 Å². The van der Waals surface area contributed by atoms with E-state index < -0.39 is 83.0 Å². The number of ether oxygens (including phenoxy) is 3. The number of hydrogen-bond donors (Lipinski definition) is 1. The molecule has 7 nitrogen and oxygen atoms in total. The van der Waals surface area contributed by atoms with Crippen LogP contribution in [0.5, 0.6) is 0 Å². The van der Waals surface area contributed by atoms with E-state index in [1.807, 2.05) is 0 Å². The monoisotopic (exact) mass is 609 g/mol. The predicted octanol–water partition coefficient (Wildman–Crippen LogP) is 5.59. The SMILES string of the molecule is CCC(C)([P+](=O)O)C(C)(C)OCC(C)(C)OCCS(=O)(=O)C(F)(F)C(F)OC(F)(F)C(F)(F)C(F)(F)F. The van der Waals surface area contributed by atoms with Gasteiger partial charge in [0.15, 0.2) is 0 Å². The van der Waals surface area contributed by atoms with Gasteiger partial charge in [-0.1, -0.05) is 6.92 Å². The van der Waals surface area contributed by atoms with Gasteiger partial charge in [-0.25, -0.2) is 12.8 Å². The Morgan fingerprint density at radius 3 is 1.73 bits per heavy atom. The van der Waals surface area contributed by atoms with Crippen molar-refractivity contribution in [1.82, 2.24) is 0 Å². The summed E-state index contributed by atoms with van der Waals surface area (Å²) >= 11 is 0. The first kappa shape index (κ1) is 36.2. The summed E-state index contributed by atoms with van der Waals surface area (Å²) in [6, 6.07) is 0. The van der Waals surface area contributed by atoms with Gasteiger partial charge < -0.3 is 9.47 Å². The highest BCUT2D eigenvalue weighted by molar-refractivity contribution is 7.92. The highest BCUT2D eigenvalue weighted by Crippen LogP contribution is 2.49. The molecular formula is C18H28F10O7PS+. The molecule has 37 heavy (non-hydrogen) atoms. The lowest BCUT2D eigenvalue weighted by Gasteiger charge is -2.37. The molecule has 0 fully saturated rings. The van der Waals surface area contributed by atoms with Crippen LogP contribution in [0.15, 0.2) is 0 Å². The molecule has 1 N–H and O–H groups in total. The Morgan fingerprint density at radius 2 is 1.35 bits per heavy atom. The second-order valence-electron chi connectivity index (χ2n) is 9.21. The molecule has 0 aliphatic rings. The zero-order chi connectivity index (χ0) is 30.1. The molecule has 3 unspecified atom stereocenters. The van der Waals surface area contributed by atoms with Gasteiger partial charge in [-0.3, -0.25) is 4.74 Å². The molecule has 0 bridgehead atoms. The highest BCUT2D eigenvalue weighted by Gasteiger charge is 2.76. The molecule has 19 heteroatoms. The molecule has 0 saturated carbocycles. The van der Waals surface area contributed by atoms with Gasteiger partial charge in [0, 0.05) is 0 Å². The molecule has 0 rings (SSSR count). The van der Waals surface area contributed by atoms with Crippen LogP contribution in [-0.2, 0) is 28.6 Å². The summed E-state index contributed by atoms with van der Waals surface area (Å²) in [4.78, 5) is 9.62. The molecule has 0 aromatic heterocycles. The molecule has 0 aliphatic carbocycles. The number of rotatable bonds is 15. The van der Waals surface area contributed by atoms with Crippen molar-refractivity contribution < 1.29 is 76.0 Å². The lowest BCUT2D eigenvalue weighted by molar-refractivity contribution is -0.446. The number of hydrogen-bond acceptors (Lipinski definition) is 6. The van der Waals surface area contributed by atoms with Crippen LogP contribution in [0, 0.1) is 0 Å². The van der Waals surface area contributed by atoms with Crippen LogP contribution in [-0.4, -0.2) is 78.5 Å². The van der Waals surface area contributed by atoms with Crippen molar-refractivity contribution >= 4 is 17.9 Å². The summed E-state index contributed by atoms with van der Waals surface area (Å²) in [5, 5.41) is -7.22. The fourth-order valence-electron chi connectivity index (χ4n) is 2.49. The third kappa shape index (κ3) is 7.87. The van der Waals surface area contributed by atoms with Crippen molar-refractivity contribution in [3.8, 4) is 0 Å². The maximum Gasteiger partial charge on any atom is 0.514 e. The molecular weight excluding hydrogens is 581 g/mol. The summed E-state index contributed by atoms with van der Waals surface area (Å²) in [5.74, 6) is -8.92. The number of sulfone groups is 1. The van der Waals surface area contributed by atoms with E-state index in [1.54, 1.807) is 6.92 Å². The standard InChI is InChI=1S/C18H27F10O7PS/c1-7-14(6,36(29)30)13(4,5)34-10-12(2,3)33-8-9-37(31,32)15(20,21)11(19)35-18(27,28)16(22,23)17(24,25)26/h11H,7-10H2,1-6H3/p+1. The van der Waals surface area contributed by atoms with Gasteiger partial charge in [0.2, 0.25) is 15.0 Å². The van der Waals surface area contributed by atoms with Crippen LogP contribution in [0.4, 0.5) is 43.9 Å². The summed E-state index contributed by atoms with van der Waals surface area (Å²) in [5.41, 5.74) is -2.72. The molecule has 222 valence electrons. The zero-order valence-corrected chi connectivity index (χ0v) is 22.1. The van der Waals surface area contributed by atoms with E-state index in [0.29, 0.717) is 0 Å². The second-order valence-corrected chi connectivity index (χ2v) is 12.9. The van der Waals surface area contributed by atoms with Gasteiger partial charge in [0.05, 0.1) is 24.6 Å². The highest BCUT2D eigenvalue weighted by atomic mass is 32.2.